The van der Waals surface area contributed by atoms with Gasteiger partial charge in [0.2, 0.25) is 5.91 Å². The van der Waals surface area contributed by atoms with Gasteiger partial charge in [0.25, 0.3) is 0 Å². The van der Waals surface area contributed by atoms with Crippen LogP contribution >= 0.6 is 11.8 Å². The fourth-order valence-electron chi connectivity index (χ4n) is 6.13. The molecule has 0 saturated carbocycles. The van der Waals surface area contributed by atoms with Gasteiger partial charge in [-0.05, 0) is 66.7 Å². The van der Waals surface area contributed by atoms with Crippen molar-refractivity contribution >= 4 is 28.6 Å². The molecule has 4 aromatic carbocycles. The Hall–Kier alpha value is -4.52. The normalized spacial score (nSPS) is 18.0. The number of hydrogen-bond donors (Lipinski definition) is 0. The molecule has 12 heteroatoms. The van der Waals surface area contributed by atoms with E-state index in [4.69, 9.17) is 15.1 Å². The van der Waals surface area contributed by atoms with Crippen molar-refractivity contribution in [2.75, 3.05) is 33.2 Å². The van der Waals surface area contributed by atoms with Crippen molar-refractivity contribution in [3.8, 4) is 11.1 Å². The highest BCUT2D eigenvalue weighted by molar-refractivity contribution is 7.98. The molecule has 1 fully saturated rings. The Morgan fingerprint density at radius 1 is 1.02 bits per heavy atom. The van der Waals surface area contributed by atoms with Gasteiger partial charge < -0.3 is 19.1 Å². The second-order valence-corrected chi connectivity index (χ2v) is 13.4. The van der Waals surface area contributed by atoms with E-state index in [-0.39, 0.29) is 59.9 Å². The van der Waals surface area contributed by atoms with Gasteiger partial charge in [0, 0.05) is 64.7 Å². The lowest BCUT2D eigenvalue weighted by Crippen LogP contribution is -2.48. The lowest BCUT2D eigenvalue weighted by atomic mass is 10.00. The van der Waals surface area contributed by atoms with Crippen molar-refractivity contribution in [3.05, 3.63) is 135 Å². The summed E-state index contributed by atoms with van der Waals surface area (Å²) in [6.07, 6.45) is -4.53. The van der Waals surface area contributed by atoms with Gasteiger partial charge in [-0.25, -0.2) is 8.78 Å². The first-order chi connectivity index (χ1) is 29.7. The highest BCUT2D eigenvalue weighted by Gasteiger charge is 2.31. The summed E-state index contributed by atoms with van der Waals surface area (Å²) in [5.74, 6) is -3.38. The minimum absolute atomic E-state index is 0.00439. The molecule has 0 radical (unpaired) electrons. The summed E-state index contributed by atoms with van der Waals surface area (Å²) in [6, 6.07) is 11.6. The predicted octanol–water partition coefficient (Wildman–Crippen LogP) is 8.71. The van der Waals surface area contributed by atoms with Crippen molar-refractivity contribution in [1.29, 1.82) is 0 Å². The van der Waals surface area contributed by atoms with Crippen LogP contribution in [-0.4, -0.2) is 59.5 Å². The number of carbonyl (C=O) groups is 1. The monoisotopic (exact) mass is 760 g/mol. The summed E-state index contributed by atoms with van der Waals surface area (Å²) in [7, 11) is -3.27. The van der Waals surface area contributed by atoms with Crippen LogP contribution in [0, 0.1) is 18.6 Å². The Labute approximate surface area is 324 Å². The van der Waals surface area contributed by atoms with E-state index < -0.39 is 96.9 Å². The molecule has 53 heavy (non-hydrogen) atoms. The molecule has 1 aliphatic rings. The molecule has 0 spiro atoms. The molecule has 0 unspecified atom stereocenters. The zero-order chi connectivity index (χ0) is 47.3. The van der Waals surface area contributed by atoms with Crippen LogP contribution in [0.25, 0.3) is 22.0 Å². The molecule has 278 valence electrons. The highest BCUT2D eigenvalue weighted by Crippen LogP contribution is 2.32. The van der Waals surface area contributed by atoms with E-state index in [1.165, 1.54) is 36.1 Å². The number of fused-ring (bicyclic) bond motifs is 1. The molecule has 6 nitrogen and oxygen atoms in total. The van der Waals surface area contributed by atoms with Gasteiger partial charge in [0.15, 0.2) is 17.1 Å². The van der Waals surface area contributed by atoms with Crippen molar-refractivity contribution in [3.63, 3.8) is 0 Å². The Balaban J connectivity index is 1.40. The summed E-state index contributed by atoms with van der Waals surface area (Å²) in [5.41, 5.74) is -0.777. The first-order valence-electron chi connectivity index (χ1n) is 21.9. The number of likely N-dealkylation sites (tertiary alicyclic amines) is 1. The standard InChI is InChI=1S/C41H40F5N3O3S/c1-27-6-15-36-34(22-27)37(50)23-39(53-26-31-4-3-5-35(42)40(31)43)49(36)25-38(51)48(33-16-18-47(19-17-33)20-21-52-2)24-28-7-9-29(10-8-28)30-11-13-32(14-12-30)41(44,45)46/h3-15,22-23,33H,16-21,24-26H2,1-2H3/i2D3,6D,15D,20D2,21D2,22D,23D. The largest absolute Gasteiger partial charge is 0.416 e. The average Bonchev–Trinajstić information content (AvgIpc) is 3.22. The number of carbonyl (C=O) groups excluding carboxylic acids is 1. The number of thioether (sulfide) groups is 1. The third-order valence-corrected chi connectivity index (χ3v) is 9.95. The second kappa shape index (κ2) is 16.7. The Kier molecular flexibility index (Phi) is 8.26. The molecule has 0 atom stereocenters. The zero-order valence-corrected chi connectivity index (χ0v) is 29.1. The van der Waals surface area contributed by atoms with Gasteiger partial charge in [-0.1, -0.05) is 60.1 Å². The molecular weight excluding hydrogens is 710 g/mol. The lowest BCUT2D eigenvalue weighted by molar-refractivity contribution is -0.137. The summed E-state index contributed by atoms with van der Waals surface area (Å²) < 4.78 is 165. The number of hydrogen-bond acceptors (Lipinski definition) is 5. The van der Waals surface area contributed by atoms with Crippen LogP contribution in [0.1, 0.15) is 50.2 Å². The van der Waals surface area contributed by atoms with Gasteiger partial charge in [0.1, 0.15) is 6.54 Å². The number of benzene rings is 4. The average molecular weight is 761 g/mol. The lowest BCUT2D eigenvalue weighted by Gasteiger charge is -2.39. The maximum atomic E-state index is 14.9. The first-order valence-corrected chi connectivity index (χ1v) is 17.4. The van der Waals surface area contributed by atoms with Crippen LogP contribution in [0.3, 0.4) is 0 Å². The van der Waals surface area contributed by atoms with E-state index in [1.807, 2.05) is 0 Å². The molecule has 0 N–H and O–H groups in total. The van der Waals surface area contributed by atoms with Crippen LogP contribution in [-0.2, 0) is 34.6 Å². The number of aromatic nitrogens is 1. The molecule has 1 aliphatic heterocycles. The van der Waals surface area contributed by atoms with Gasteiger partial charge in [-0.15, -0.1) is 11.8 Å². The molecule has 1 aromatic heterocycles. The molecule has 1 saturated heterocycles. The zero-order valence-electron chi connectivity index (χ0n) is 39.2. The Morgan fingerprint density at radius 2 is 1.72 bits per heavy atom. The van der Waals surface area contributed by atoms with Crippen molar-refractivity contribution in [2.45, 2.75) is 55.9 Å². The van der Waals surface area contributed by atoms with Gasteiger partial charge in [-0.2, -0.15) is 13.2 Å². The Morgan fingerprint density at radius 3 is 2.40 bits per heavy atom. The van der Waals surface area contributed by atoms with E-state index in [0.29, 0.717) is 28.5 Å². The van der Waals surface area contributed by atoms with E-state index in [0.717, 1.165) is 27.7 Å². The van der Waals surface area contributed by atoms with Crippen molar-refractivity contribution in [1.82, 2.24) is 14.4 Å². The van der Waals surface area contributed by atoms with E-state index in [1.54, 1.807) is 24.3 Å². The molecule has 0 bridgehead atoms. The fourth-order valence-corrected chi connectivity index (χ4v) is 7.13. The van der Waals surface area contributed by atoms with Gasteiger partial charge >= 0.3 is 6.18 Å². The summed E-state index contributed by atoms with van der Waals surface area (Å²) in [5, 5.41) is -0.655. The van der Waals surface area contributed by atoms with E-state index in [9.17, 15) is 31.5 Å². The number of pyridine rings is 1. The maximum Gasteiger partial charge on any atom is 0.416 e. The van der Waals surface area contributed by atoms with Gasteiger partial charge in [0.05, 0.1) is 35.0 Å². The van der Waals surface area contributed by atoms with Crippen LogP contribution in [0.15, 0.2) is 101 Å². The molecule has 5 aromatic rings. The summed E-state index contributed by atoms with van der Waals surface area (Å²) >= 11 is 0.701. The molecular formula is C41H40F5N3O3S. The van der Waals surface area contributed by atoms with E-state index in [2.05, 4.69) is 4.74 Å². The van der Waals surface area contributed by atoms with E-state index >= 15 is 0 Å². The second-order valence-electron chi connectivity index (χ2n) is 12.4. The number of rotatable bonds is 12. The molecule has 6 rings (SSSR count). The van der Waals surface area contributed by atoms with Crippen molar-refractivity contribution in [2.24, 2.45) is 0 Å². The van der Waals surface area contributed by atoms with Gasteiger partial charge in [-0.3, -0.25) is 9.59 Å². The number of methoxy groups -OCH3 is 1. The van der Waals surface area contributed by atoms with Crippen LogP contribution in [0.4, 0.5) is 22.0 Å². The van der Waals surface area contributed by atoms with Crippen molar-refractivity contribution < 1.29 is 46.6 Å². The summed E-state index contributed by atoms with van der Waals surface area (Å²) in [6.45, 7) is -6.15. The van der Waals surface area contributed by atoms with Crippen LogP contribution in [0.2, 0.25) is 0 Å². The number of alkyl halides is 3. The fraction of sp³-hybridized carbons (Fsp3) is 0.317. The predicted molar refractivity (Wildman–Crippen MR) is 198 cm³/mol. The third kappa shape index (κ3) is 9.17. The number of nitrogens with zero attached hydrogens (tertiary/aromatic N) is 3. The van der Waals surface area contributed by atoms with Crippen LogP contribution < -0.4 is 5.43 Å². The topological polar surface area (TPSA) is 54.8 Å². The Bertz CT molecular complexity index is 2620. The smallest absolute Gasteiger partial charge is 0.383 e. The SMILES string of the molecule is [2H]c1c(C)c([2H])c2c(=O)c([2H])c(SCc3cccc(F)c3F)n(CC(=O)N(Cc3ccc(-c4ccc(C(F)(F)F)cc4)cc3)C3CCN(C([2H])([2H])C([2H])([2H])OC([2H])([2H])[2H])CC3)c2c1[2H]. The highest BCUT2D eigenvalue weighted by atomic mass is 32.2. The number of piperidine rings is 1. The first kappa shape index (κ1) is 26.3. The number of ether oxygens (including phenoxy) is 1. The molecule has 2 heterocycles. The minimum atomic E-state index is -4.54. The quantitative estimate of drug-likeness (QED) is 0.0942. The summed E-state index contributed by atoms with van der Waals surface area (Å²) in [4.78, 5) is 31.1. The maximum absolute atomic E-state index is 14.9. The third-order valence-electron chi connectivity index (χ3n) is 8.90. The van der Waals surface area contributed by atoms with Crippen LogP contribution in [0.5, 0.6) is 0 Å². The minimum Gasteiger partial charge on any atom is -0.383 e. The molecule has 1 amide bonds. The molecule has 0 aliphatic carbocycles. The number of amides is 1. The number of halogens is 5.